The van der Waals surface area contributed by atoms with Gasteiger partial charge in [0.2, 0.25) is 0 Å². The van der Waals surface area contributed by atoms with E-state index in [0.717, 1.165) is 23.6 Å². The number of alkyl halides is 3. The number of anilines is 1. The van der Waals surface area contributed by atoms with Crippen molar-refractivity contribution in [1.82, 2.24) is 15.2 Å². The van der Waals surface area contributed by atoms with Crippen LogP contribution in [0.15, 0.2) is 42.5 Å². The van der Waals surface area contributed by atoms with E-state index in [1.807, 2.05) is 19.1 Å². The summed E-state index contributed by atoms with van der Waals surface area (Å²) < 4.78 is 42.4. The summed E-state index contributed by atoms with van der Waals surface area (Å²) >= 11 is 1.21. The standard InChI is InChI=1S/C24H25F3N4O2S/c1-2-28-23(33)31-11-9-15(10-12-31)13-16-7-8-17(18(14-16)24(25,26)27)21(32)30-22-29-19-5-3-4-6-20(19)34-22/h3-8,14-15H,2,9-13H2,1H3,(H,28,33)(H,29,30,32). The van der Waals surface area contributed by atoms with Gasteiger partial charge in [0.15, 0.2) is 5.13 Å². The highest BCUT2D eigenvalue weighted by molar-refractivity contribution is 7.22. The molecule has 1 aliphatic rings. The van der Waals surface area contributed by atoms with Crippen molar-refractivity contribution in [3.8, 4) is 0 Å². The Kier molecular flexibility index (Phi) is 7.06. The molecule has 180 valence electrons. The number of likely N-dealkylation sites (tertiary alicyclic amines) is 1. The highest BCUT2D eigenvalue weighted by Gasteiger charge is 2.36. The van der Waals surface area contributed by atoms with Gasteiger partial charge in [-0.3, -0.25) is 10.1 Å². The number of aromatic nitrogens is 1. The second-order valence-corrected chi connectivity index (χ2v) is 9.32. The van der Waals surface area contributed by atoms with Gasteiger partial charge in [-0.1, -0.05) is 29.5 Å². The summed E-state index contributed by atoms with van der Waals surface area (Å²) in [5.41, 5.74) is -0.183. The fourth-order valence-corrected chi connectivity index (χ4v) is 5.04. The molecule has 6 nitrogen and oxygen atoms in total. The number of hydrogen-bond acceptors (Lipinski definition) is 4. The number of halogens is 3. The van der Waals surface area contributed by atoms with Gasteiger partial charge in [-0.05, 0) is 61.9 Å². The van der Waals surface area contributed by atoms with Crippen molar-refractivity contribution in [2.24, 2.45) is 5.92 Å². The molecule has 2 heterocycles. The lowest BCUT2D eigenvalue weighted by Gasteiger charge is -2.32. The van der Waals surface area contributed by atoms with Gasteiger partial charge < -0.3 is 10.2 Å². The number of carbonyl (C=O) groups is 2. The average molecular weight is 491 g/mol. The van der Waals surface area contributed by atoms with E-state index >= 15 is 0 Å². The lowest BCUT2D eigenvalue weighted by molar-refractivity contribution is -0.138. The zero-order chi connectivity index (χ0) is 24.3. The van der Waals surface area contributed by atoms with Crippen LogP contribution in [-0.4, -0.2) is 41.5 Å². The predicted octanol–water partition coefficient (Wildman–Crippen LogP) is 5.55. The summed E-state index contributed by atoms with van der Waals surface area (Å²) in [5.74, 6) is -0.664. The van der Waals surface area contributed by atoms with Crippen molar-refractivity contribution >= 4 is 38.6 Å². The van der Waals surface area contributed by atoms with Gasteiger partial charge >= 0.3 is 12.2 Å². The molecule has 0 bridgehead atoms. The van der Waals surface area contributed by atoms with Crippen LogP contribution in [-0.2, 0) is 12.6 Å². The Morgan fingerprint density at radius 2 is 1.88 bits per heavy atom. The number of urea groups is 1. The summed E-state index contributed by atoms with van der Waals surface area (Å²) in [5, 5.41) is 5.53. The minimum Gasteiger partial charge on any atom is -0.338 e. The van der Waals surface area contributed by atoms with Crippen LogP contribution in [0.25, 0.3) is 10.2 Å². The van der Waals surface area contributed by atoms with E-state index in [1.54, 1.807) is 23.1 Å². The number of nitrogens with one attached hydrogen (secondary N) is 2. The number of nitrogens with zero attached hydrogens (tertiary/aromatic N) is 2. The number of thiazole rings is 1. The predicted molar refractivity (Wildman–Crippen MR) is 126 cm³/mol. The van der Waals surface area contributed by atoms with E-state index < -0.39 is 23.2 Å². The van der Waals surface area contributed by atoms with Crippen LogP contribution < -0.4 is 10.6 Å². The largest absolute Gasteiger partial charge is 0.417 e. The average Bonchev–Trinajstić information content (AvgIpc) is 3.21. The van der Waals surface area contributed by atoms with Gasteiger partial charge in [0.05, 0.1) is 21.3 Å². The van der Waals surface area contributed by atoms with Crippen molar-refractivity contribution in [2.75, 3.05) is 25.0 Å². The zero-order valence-corrected chi connectivity index (χ0v) is 19.4. The molecule has 3 aromatic rings. The molecule has 1 aliphatic heterocycles. The van der Waals surface area contributed by atoms with Crippen LogP contribution in [0.3, 0.4) is 0 Å². The highest BCUT2D eigenvalue weighted by atomic mass is 32.1. The summed E-state index contributed by atoms with van der Waals surface area (Å²) in [6.07, 6.45) is -2.76. The van der Waals surface area contributed by atoms with E-state index in [-0.39, 0.29) is 17.1 Å². The molecule has 0 unspecified atom stereocenters. The maximum absolute atomic E-state index is 13.8. The molecule has 4 rings (SSSR count). The van der Waals surface area contributed by atoms with E-state index in [2.05, 4.69) is 15.6 Å². The fraction of sp³-hybridized carbons (Fsp3) is 0.375. The van der Waals surface area contributed by atoms with Crippen molar-refractivity contribution in [1.29, 1.82) is 0 Å². The molecular weight excluding hydrogens is 465 g/mol. The molecule has 0 aliphatic carbocycles. The lowest BCUT2D eigenvalue weighted by Crippen LogP contribution is -2.44. The topological polar surface area (TPSA) is 74.3 Å². The first-order valence-corrected chi connectivity index (χ1v) is 12.0. The van der Waals surface area contributed by atoms with Gasteiger partial charge in [-0.25, -0.2) is 9.78 Å². The molecule has 0 spiro atoms. The molecule has 2 N–H and O–H groups in total. The van der Waals surface area contributed by atoms with Crippen molar-refractivity contribution in [3.63, 3.8) is 0 Å². The van der Waals surface area contributed by atoms with Crippen LogP contribution in [0.1, 0.15) is 41.3 Å². The summed E-state index contributed by atoms with van der Waals surface area (Å²) in [4.78, 5) is 30.7. The summed E-state index contributed by atoms with van der Waals surface area (Å²) in [7, 11) is 0. The van der Waals surface area contributed by atoms with Crippen LogP contribution in [0, 0.1) is 5.92 Å². The van der Waals surface area contributed by atoms with Crippen molar-refractivity contribution in [3.05, 3.63) is 59.2 Å². The van der Waals surface area contributed by atoms with Crippen LogP contribution in [0.4, 0.5) is 23.1 Å². The fourth-order valence-electron chi connectivity index (χ4n) is 4.18. The maximum atomic E-state index is 13.8. The molecule has 0 atom stereocenters. The Balaban J connectivity index is 1.47. The van der Waals surface area contributed by atoms with Crippen LogP contribution in [0.2, 0.25) is 0 Å². The molecule has 10 heteroatoms. The molecule has 2 aromatic carbocycles. The quantitative estimate of drug-likeness (QED) is 0.492. The number of fused-ring (bicyclic) bond motifs is 1. The minimum atomic E-state index is -4.67. The van der Waals surface area contributed by atoms with Gasteiger partial charge in [0, 0.05) is 19.6 Å². The normalized spacial score (nSPS) is 14.9. The maximum Gasteiger partial charge on any atom is 0.417 e. The molecule has 0 saturated carbocycles. The first-order valence-electron chi connectivity index (χ1n) is 11.1. The molecule has 1 saturated heterocycles. The zero-order valence-electron chi connectivity index (χ0n) is 18.6. The number of hydrogen-bond donors (Lipinski definition) is 2. The Morgan fingerprint density at radius 3 is 2.56 bits per heavy atom. The number of carbonyl (C=O) groups excluding carboxylic acids is 2. The molecule has 1 aromatic heterocycles. The summed E-state index contributed by atoms with van der Waals surface area (Å²) in [6, 6.07) is 11.0. The minimum absolute atomic E-state index is 0.108. The highest BCUT2D eigenvalue weighted by Crippen LogP contribution is 2.35. The number of piperidine rings is 1. The second-order valence-electron chi connectivity index (χ2n) is 8.29. The Hall–Kier alpha value is -3.14. The molecule has 1 fully saturated rings. The second kappa shape index (κ2) is 10.0. The van der Waals surface area contributed by atoms with Crippen LogP contribution >= 0.6 is 11.3 Å². The van der Waals surface area contributed by atoms with Crippen molar-refractivity contribution in [2.45, 2.75) is 32.4 Å². The molecule has 0 radical (unpaired) electrons. The van der Waals surface area contributed by atoms with Gasteiger partial charge in [0.1, 0.15) is 0 Å². The Bertz CT molecular complexity index is 1150. The van der Waals surface area contributed by atoms with E-state index in [9.17, 15) is 22.8 Å². The monoisotopic (exact) mass is 490 g/mol. The van der Waals surface area contributed by atoms with Gasteiger partial charge in [-0.15, -0.1) is 0 Å². The third kappa shape index (κ3) is 5.49. The molecule has 34 heavy (non-hydrogen) atoms. The number of rotatable bonds is 5. The molecular formula is C24H25F3N4O2S. The Morgan fingerprint density at radius 1 is 1.15 bits per heavy atom. The SMILES string of the molecule is CCNC(=O)N1CCC(Cc2ccc(C(=O)Nc3nc4ccccc4s3)c(C(F)(F)F)c2)CC1. The first kappa shape index (κ1) is 24.0. The van der Waals surface area contributed by atoms with Crippen LogP contribution in [0.5, 0.6) is 0 Å². The Labute approximate surface area is 199 Å². The third-order valence-corrected chi connectivity index (χ3v) is 6.85. The molecule has 3 amide bonds. The van der Waals surface area contributed by atoms with Gasteiger partial charge in [-0.2, -0.15) is 13.2 Å². The first-order chi connectivity index (χ1) is 16.2. The third-order valence-electron chi connectivity index (χ3n) is 5.90. The number of amides is 3. The van der Waals surface area contributed by atoms with E-state index in [4.69, 9.17) is 0 Å². The van der Waals surface area contributed by atoms with Gasteiger partial charge in [0.25, 0.3) is 5.91 Å². The lowest BCUT2D eigenvalue weighted by atomic mass is 9.89. The number of benzene rings is 2. The number of para-hydroxylation sites is 1. The summed E-state index contributed by atoms with van der Waals surface area (Å²) in [6.45, 7) is 3.56. The van der Waals surface area contributed by atoms with Crippen molar-refractivity contribution < 1.29 is 22.8 Å². The smallest absolute Gasteiger partial charge is 0.338 e. The van der Waals surface area contributed by atoms with E-state index in [1.165, 1.54) is 17.4 Å². The van der Waals surface area contributed by atoms with E-state index in [0.29, 0.717) is 37.1 Å².